The second kappa shape index (κ2) is 11.4. The molecule has 2 aliphatic heterocycles. The van der Waals surface area contributed by atoms with Crippen LogP contribution in [-0.2, 0) is 0 Å². The fourth-order valence-electron chi connectivity index (χ4n) is 8.10. The number of nitrogens with one attached hydrogen (secondary N) is 1. The monoisotopic (exact) mass is 670 g/mol. The van der Waals surface area contributed by atoms with Crippen molar-refractivity contribution in [3.63, 3.8) is 0 Å². The molecule has 0 saturated carbocycles. The van der Waals surface area contributed by atoms with Crippen LogP contribution in [0.4, 0.5) is 5.88 Å². The number of allylic oxidation sites excluding steroid dienone is 2. The Balaban J connectivity index is 1.07. The van der Waals surface area contributed by atoms with E-state index in [0.29, 0.717) is 24.0 Å². The molecule has 1 aliphatic carbocycles. The maximum absolute atomic E-state index is 6.38. The third kappa shape index (κ3) is 4.54. The molecule has 11 rings (SSSR count). The summed E-state index contributed by atoms with van der Waals surface area (Å²) in [7, 11) is 0. The van der Waals surface area contributed by atoms with Crippen LogP contribution in [0.2, 0.25) is 0 Å². The topological polar surface area (TPSA) is 73.1 Å². The first-order chi connectivity index (χ1) is 25.7. The number of hydrogen-bond acceptors (Lipinski definition) is 6. The highest BCUT2D eigenvalue weighted by molar-refractivity contribution is 6.07. The lowest BCUT2D eigenvalue weighted by Gasteiger charge is -2.22. The van der Waals surface area contributed by atoms with E-state index in [2.05, 4.69) is 133 Å². The van der Waals surface area contributed by atoms with Crippen LogP contribution in [-0.4, -0.2) is 27.6 Å². The number of hydrogen-bond donors (Lipinski definition) is 1. The van der Waals surface area contributed by atoms with Gasteiger partial charge in [-0.1, -0.05) is 121 Å². The summed E-state index contributed by atoms with van der Waals surface area (Å²) in [5.41, 5.74) is 8.36. The highest BCUT2D eigenvalue weighted by Crippen LogP contribution is 2.48. The van der Waals surface area contributed by atoms with Gasteiger partial charge in [-0.2, -0.15) is 0 Å². The molecular formula is C46H30N4O2. The summed E-state index contributed by atoms with van der Waals surface area (Å²) < 4.78 is 12.6. The van der Waals surface area contributed by atoms with Gasteiger partial charge in [-0.3, -0.25) is 0 Å². The molecule has 0 amide bonds. The van der Waals surface area contributed by atoms with Crippen LogP contribution >= 0.6 is 0 Å². The Labute approximate surface area is 299 Å². The standard InChI is InChI=1S/C46H30N4O2/c1-2-10-28-25-30(20-19-27(28)9-1)43-48-44(50-45(49-43)37-15-8-18-40-41(37)35-12-3-5-16-38(35)51-40)31-21-22-32-29(26-31)11-7-14-33(32)34-23-24-47-46-42(34)36-13-4-6-17-39(36)52-46/h1-23,25-26,40-41,47H,24H2. The zero-order valence-corrected chi connectivity index (χ0v) is 28.0. The van der Waals surface area contributed by atoms with Crippen molar-refractivity contribution in [2.45, 2.75) is 12.0 Å². The van der Waals surface area contributed by atoms with Gasteiger partial charge in [0.25, 0.3) is 0 Å². The van der Waals surface area contributed by atoms with Gasteiger partial charge >= 0.3 is 0 Å². The van der Waals surface area contributed by atoms with E-state index in [1.54, 1.807) is 0 Å². The molecule has 6 aromatic carbocycles. The number of furan rings is 1. The lowest BCUT2D eigenvalue weighted by Crippen LogP contribution is -2.20. The maximum Gasteiger partial charge on any atom is 0.202 e. The van der Waals surface area contributed by atoms with E-state index in [4.69, 9.17) is 24.1 Å². The molecule has 6 nitrogen and oxygen atoms in total. The summed E-state index contributed by atoms with van der Waals surface area (Å²) >= 11 is 0. The molecule has 0 saturated heterocycles. The molecule has 1 N–H and O–H groups in total. The molecule has 3 aliphatic rings. The van der Waals surface area contributed by atoms with E-state index in [1.807, 2.05) is 24.3 Å². The number of fused-ring (bicyclic) bond motifs is 8. The molecule has 0 spiro atoms. The lowest BCUT2D eigenvalue weighted by molar-refractivity contribution is 0.271. The van der Waals surface area contributed by atoms with E-state index >= 15 is 0 Å². The summed E-state index contributed by atoms with van der Waals surface area (Å²) in [6.45, 7) is 0.699. The minimum atomic E-state index is -0.113. The molecule has 2 aromatic heterocycles. The second-order valence-electron chi connectivity index (χ2n) is 13.5. The van der Waals surface area contributed by atoms with E-state index in [9.17, 15) is 0 Å². The van der Waals surface area contributed by atoms with Gasteiger partial charge in [0.15, 0.2) is 17.5 Å². The van der Waals surface area contributed by atoms with Gasteiger partial charge in [-0.25, -0.2) is 15.0 Å². The predicted octanol–water partition coefficient (Wildman–Crippen LogP) is 10.6. The van der Waals surface area contributed by atoms with Crippen LogP contribution in [0.25, 0.3) is 66.4 Å². The van der Waals surface area contributed by atoms with Gasteiger partial charge in [0.2, 0.25) is 5.88 Å². The predicted molar refractivity (Wildman–Crippen MR) is 208 cm³/mol. The quantitative estimate of drug-likeness (QED) is 0.201. The third-order valence-corrected chi connectivity index (χ3v) is 10.5. The average Bonchev–Trinajstić information content (AvgIpc) is 3.79. The number of rotatable bonds is 4. The van der Waals surface area contributed by atoms with Crippen LogP contribution in [0.1, 0.15) is 28.4 Å². The Kier molecular flexibility index (Phi) is 6.34. The van der Waals surface area contributed by atoms with Crippen LogP contribution in [0.5, 0.6) is 5.75 Å². The molecule has 52 heavy (non-hydrogen) atoms. The van der Waals surface area contributed by atoms with Gasteiger partial charge < -0.3 is 14.5 Å². The Morgan fingerprint density at radius 2 is 1.38 bits per heavy atom. The first kappa shape index (κ1) is 29.0. The van der Waals surface area contributed by atoms with Crippen molar-refractivity contribution >= 4 is 49.5 Å². The summed E-state index contributed by atoms with van der Waals surface area (Å²) in [5.74, 6) is 3.63. The molecule has 0 radical (unpaired) electrons. The van der Waals surface area contributed by atoms with Gasteiger partial charge in [-0.15, -0.1) is 0 Å². The van der Waals surface area contributed by atoms with Gasteiger partial charge in [-0.05, 0) is 63.0 Å². The minimum Gasteiger partial charge on any atom is -0.485 e. The molecule has 0 bridgehead atoms. The van der Waals surface area contributed by atoms with Crippen LogP contribution < -0.4 is 10.1 Å². The summed E-state index contributed by atoms with van der Waals surface area (Å²) in [4.78, 5) is 15.5. The second-order valence-corrected chi connectivity index (χ2v) is 13.5. The van der Waals surface area contributed by atoms with E-state index in [0.717, 1.165) is 72.2 Å². The summed E-state index contributed by atoms with van der Waals surface area (Å²) in [6, 6.07) is 44.3. The third-order valence-electron chi connectivity index (χ3n) is 10.5. The van der Waals surface area contributed by atoms with Crippen molar-refractivity contribution in [2.75, 3.05) is 11.9 Å². The fraction of sp³-hybridized carbons (Fsp3) is 0.0652. The number of nitrogens with zero attached hydrogens (tertiary/aromatic N) is 3. The molecule has 2 unspecified atom stereocenters. The average molecular weight is 671 g/mol. The fourth-order valence-corrected chi connectivity index (χ4v) is 8.10. The number of anilines is 1. The van der Waals surface area contributed by atoms with Crippen molar-refractivity contribution in [3.05, 3.63) is 174 Å². The van der Waals surface area contributed by atoms with Crippen LogP contribution in [0, 0.1) is 0 Å². The van der Waals surface area contributed by atoms with Crippen molar-refractivity contribution in [1.82, 2.24) is 15.0 Å². The highest BCUT2D eigenvalue weighted by Gasteiger charge is 2.38. The largest absolute Gasteiger partial charge is 0.485 e. The Morgan fingerprint density at radius 3 is 2.31 bits per heavy atom. The highest BCUT2D eigenvalue weighted by atomic mass is 16.5. The zero-order chi connectivity index (χ0) is 34.2. The normalized spacial score (nSPS) is 17.2. The van der Waals surface area contributed by atoms with Crippen LogP contribution in [0.3, 0.4) is 0 Å². The van der Waals surface area contributed by atoms with Gasteiger partial charge in [0.05, 0.1) is 11.5 Å². The zero-order valence-electron chi connectivity index (χ0n) is 28.0. The summed E-state index contributed by atoms with van der Waals surface area (Å²) in [6.07, 6.45) is 8.45. The number of aromatic nitrogens is 3. The van der Waals surface area contributed by atoms with Crippen molar-refractivity contribution in [1.29, 1.82) is 0 Å². The Hall–Kier alpha value is -6.79. The molecule has 4 heterocycles. The van der Waals surface area contributed by atoms with E-state index < -0.39 is 0 Å². The first-order valence-corrected chi connectivity index (χ1v) is 17.6. The van der Waals surface area contributed by atoms with Crippen molar-refractivity contribution in [2.24, 2.45) is 0 Å². The number of benzene rings is 6. The Bertz CT molecular complexity index is 2860. The van der Waals surface area contributed by atoms with Crippen LogP contribution in [0.15, 0.2) is 156 Å². The van der Waals surface area contributed by atoms with Crippen molar-refractivity contribution < 1.29 is 9.15 Å². The smallest absolute Gasteiger partial charge is 0.202 e. The minimum absolute atomic E-state index is 0.0118. The van der Waals surface area contributed by atoms with Crippen molar-refractivity contribution in [3.8, 4) is 28.5 Å². The molecule has 6 heteroatoms. The van der Waals surface area contributed by atoms with E-state index in [1.165, 1.54) is 11.0 Å². The van der Waals surface area contributed by atoms with E-state index in [-0.39, 0.29) is 12.0 Å². The van der Waals surface area contributed by atoms with Gasteiger partial charge in [0, 0.05) is 34.2 Å². The Morgan fingerprint density at radius 1 is 0.635 bits per heavy atom. The number of ether oxygens (including phenoxy) is 1. The SMILES string of the molecule is C1=CC2Oc3ccccc3C2C(c2nc(-c3ccc4ccccc4c3)nc(-c3ccc4c(C5=CCNc6oc7ccccc7c65)cccc4c3)n2)=C1. The number of para-hydroxylation sites is 2. The maximum atomic E-state index is 6.38. The molecule has 2 atom stereocenters. The molecular weight excluding hydrogens is 641 g/mol. The molecule has 246 valence electrons. The molecule has 0 fully saturated rings. The molecule has 8 aromatic rings. The first-order valence-electron chi connectivity index (χ1n) is 17.6. The lowest BCUT2D eigenvalue weighted by atomic mass is 9.84. The summed E-state index contributed by atoms with van der Waals surface area (Å²) in [5, 5.41) is 9.11. The van der Waals surface area contributed by atoms with Gasteiger partial charge in [0.1, 0.15) is 17.4 Å².